The lowest BCUT2D eigenvalue weighted by atomic mass is 10.1. The molecule has 4 rings (SSSR count). The third-order valence-corrected chi connectivity index (χ3v) is 7.15. The fourth-order valence-electron chi connectivity index (χ4n) is 2.58. The molecule has 27 heavy (non-hydrogen) atoms. The topological polar surface area (TPSA) is 72.0 Å². The highest BCUT2D eigenvalue weighted by atomic mass is 127. The van der Waals surface area contributed by atoms with Gasteiger partial charge in [-0.05, 0) is 77.5 Å². The van der Waals surface area contributed by atoms with E-state index in [1.807, 2.05) is 37.3 Å². The summed E-state index contributed by atoms with van der Waals surface area (Å²) in [6.45, 7) is 1.87. The van der Waals surface area contributed by atoms with E-state index in [2.05, 4.69) is 37.3 Å². The van der Waals surface area contributed by atoms with E-state index in [1.54, 1.807) is 30.5 Å². The highest BCUT2D eigenvalue weighted by Gasteiger charge is 2.16. The molecule has 0 bridgehead atoms. The van der Waals surface area contributed by atoms with E-state index in [-0.39, 0.29) is 4.90 Å². The lowest BCUT2D eigenvalue weighted by Crippen LogP contribution is -2.13. The van der Waals surface area contributed by atoms with Crippen LogP contribution >= 0.6 is 33.9 Å². The van der Waals surface area contributed by atoms with Crippen molar-refractivity contribution in [2.45, 2.75) is 11.8 Å². The van der Waals surface area contributed by atoms with E-state index in [0.29, 0.717) is 5.69 Å². The molecule has 4 aromatic rings. The number of nitrogens with zero attached hydrogens (tertiary/aromatic N) is 2. The molecule has 5 nitrogen and oxygen atoms in total. The van der Waals surface area contributed by atoms with Crippen LogP contribution in [0.4, 0.5) is 5.69 Å². The molecule has 136 valence electrons. The Hall–Kier alpha value is -2.04. The number of benzene rings is 2. The minimum Gasteiger partial charge on any atom is -0.279 e. The van der Waals surface area contributed by atoms with Crippen molar-refractivity contribution in [3.05, 3.63) is 69.9 Å². The molecule has 2 heterocycles. The summed E-state index contributed by atoms with van der Waals surface area (Å²) in [6.07, 6.45) is 1.74. The van der Waals surface area contributed by atoms with Crippen molar-refractivity contribution < 1.29 is 8.42 Å². The minimum absolute atomic E-state index is 0.233. The second-order valence-electron chi connectivity index (χ2n) is 5.94. The van der Waals surface area contributed by atoms with Crippen LogP contribution in [0.3, 0.4) is 0 Å². The maximum atomic E-state index is 12.7. The maximum absolute atomic E-state index is 12.7. The van der Waals surface area contributed by atoms with Gasteiger partial charge in [0.2, 0.25) is 0 Å². The molecule has 2 aromatic carbocycles. The number of pyridine rings is 1. The number of anilines is 1. The van der Waals surface area contributed by atoms with E-state index in [0.717, 1.165) is 30.1 Å². The largest absolute Gasteiger partial charge is 0.279 e. The Bertz CT molecular complexity index is 1200. The second kappa shape index (κ2) is 7.17. The van der Waals surface area contributed by atoms with Gasteiger partial charge in [0.25, 0.3) is 10.0 Å². The number of aryl methyl sites for hydroxylation is 1. The smallest absolute Gasteiger partial charge is 0.261 e. The molecule has 0 spiro atoms. The number of hydrogen-bond donors (Lipinski definition) is 1. The predicted octanol–water partition coefficient (Wildman–Crippen LogP) is 5.07. The number of thiazole rings is 1. The molecular weight excluding hydrogens is 493 g/mol. The fraction of sp³-hybridized carbons (Fsp3) is 0.0526. The van der Waals surface area contributed by atoms with Crippen LogP contribution in [0.1, 0.15) is 5.56 Å². The normalized spacial score (nSPS) is 11.6. The minimum atomic E-state index is -3.66. The number of fused-ring (bicyclic) bond motifs is 1. The zero-order valence-corrected chi connectivity index (χ0v) is 18.0. The molecule has 0 saturated heterocycles. The first-order valence-corrected chi connectivity index (χ1v) is 11.4. The number of sulfonamides is 1. The fourth-order valence-corrected chi connectivity index (χ4v) is 4.96. The third-order valence-electron chi connectivity index (χ3n) is 4.02. The van der Waals surface area contributed by atoms with E-state index in [4.69, 9.17) is 0 Å². The third kappa shape index (κ3) is 3.83. The van der Waals surface area contributed by atoms with Gasteiger partial charge in [-0.2, -0.15) is 0 Å². The predicted molar refractivity (Wildman–Crippen MR) is 118 cm³/mol. The molecule has 1 N–H and O–H groups in total. The van der Waals surface area contributed by atoms with Gasteiger partial charge in [0.05, 0.1) is 10.6 Å². The number of nitrogens with one attached hydrogen (secondary N) is 1. The molecule has 0 aliphatic heterocycles. The molecule has 0 aliphatic rings. The van der Waals surface area contributed by atoms with Gasteiger partial charge >= 0.3 is 0 Å². The average molecular weight is 507 g/mol. The highest BCUT2D eigenvalue weighted by Crippen LogP contribution is 2.32. The van der Waals surface area contributed by atoms with Crippen LogP contribution < -0.4 is 4.72 Å². The summed E-state index contributed by atoms with van der Waals surface area (Å²) in [6, 6.07) is 16.1. The van der Waals surface area contributed by atoms with Crippen LogP contribution in [-0.2, 0) is 10.0 Å². The van der Waals surface area contributed by atoms with Crippen LogP contribution in [0, 0.1) is 10.5 Å². The van der Waals surface area contributed by atoms with Gasteiger partial charge in [0.15, 0.2) is 0 Å². The zero-order chi connectivity index (χ0) is 19.0. The van der Waals surface area contributed by atoms with Crippen LogP contribution in [0.25, 0.3) is 20.9 Å². The van der Waals surface area contributed by atoms with Crippen molar-refractivity contribution >= 4 is 60.0 Å². The monoisotopic (exact) mass is 507 g/mol. The summed E-state index contributed by atoms with van der Waals surface area (Å²) >= 11 is 3.62. The molecule has 0 atom stereocenters. The van der Waals surface area contributed by atoms with E-state index < -0.39 is 10.0 Å². The Kier molecular flexibility index (Phi) is 4.87. The number of hydrogen-bond acceptors (Lipinski definition) is 5. The Morgan fingerprint density at radius 3 is 2.59 bits per heavy atom. The summed E-state index contributed by atoms with van der Waals surface area (Å²) in [5.41, 5.74) is 3.06. The number of aromatic nitrogens is 2. The van der Waals surface area contributed by atoms with Crippen LogP contribution in [-0.4, -0.2) is 18.4 Å². The van der Waals surface area contributed by atoms with Crippen molar-refractivity contribution in [3.63, 3.8) is 0 Å². The van der Waals surface area contributed by atoms with Crippen LogP contribution in [0.15, 0.2) is 65.7 Å². The lowest BCUT2D eigenvalue weighted by Gasteiger charge is -2.12. The van der Waals surface area contributed by atoms with Gasteiger partial charge in [0, 0.05) is 15.3 Å². The van der Waals surface area contributed by atoms with Gasteiger partial charge in [-0.25, -0.2) is 18.4 Å². The summed E-state index contributed by atoms with van der Waals surface area (Å²) in [5, 5.41) is 0.804. The van der Waals surface area contributed by atoms with Crippen molar-refractivity contribution in [2.75, 3.05) is 4.72 Å². The number of halogens is 1. The summed E-state index contributed by atoms with van der Waals surface area (Å²) in [4.78, 5) is 10.0. The Labute approximate surface area is 174 Å². The quantitative estimate of drug-likeness (QED) is 0.392. The molecule has 0 unspecified atom stereocenters. The van der Waals surface area contributed by atoms with Gasteiger partial charge in [-0.3, -0.25) is 4.72 Å². The van der Waals surface area contributed by atoms with Crippen LogP contribution in [0.2, 0.25) is 0 Å². The molecule has 0 saturated carbocycles. The maximum Gasteiger partial charge on any atom is 0.261 e. The SMILES string of the molecule is Cc1ccc(-c2nc3cccnc3s2)cc1NS(=O)(=O)c1ccc(I)cc1. The van der Waals surface area contributed by atoms with E-state index >= 15 is 0 Å². The molecule has 0 aliphatic carbocycles. The second-order valence-corrected chi connectivity index (χ2v) is 9.84. The molecular formula is C19H14IN3O2S2. The molecule has 0 amide bonds. The van der Waals surface area contributed by atoms with Gasteiger partial charge in [0.1, 0.15) is 15.4 Å². The number of rotatable bonds is 4. The van der Waals surface area contributed by atoms with Crippen molar-refractivity contribution in [3.8, 4) is 10.6 Å². The zero-order valence-electron chi connectivity index (χ0n) is 14.2. The summed E-state index contributed by atoms with van der Waals surface area (Å²) in [7, 11) is -3.66. The Morgan fingerprint density at radius 1 is 1.07 bits per heavy atom. The van der Waals surface area contributed by atoms with E-state index in [1.165, 1.54) is 11.3 Å². The first kappa shape index (κ1) is 18.3. The van der Waals surface area contributed by atoms with Gasteiger partial charge in [-0.15, -0.1) is 0 Å². The summed E-state index contributed by atoms with van der Waals surface area (Å²) in [5.74, 6) is 0. The molecule has 8 heteroatoms. The Morgan fingerprint density at radius 2 is 1.85 bits per heavy atom. The standard InChI is InChI=1S/C19H14IN3O2S2/c1-12-4-5-13(18-22-16-3-2-10-21-19(16)26-18)11-17(12)23-27(24,25)15-8-6-14(20)7-9-15/h2-11,23H,1H3. The Balaban J connectivity index is 1.71. The molecule has 0 radical (unpaired) electrons. The first-order chi connectivity index (χ1) is 12.9. The van der Waals surface area contributed by atoms with Crippen molar-refractivity contribution in [2.24, 2.45) is 0 Å². The lowest BCUT2D eigenvalue weighted by molar-refractivity contribution is 0.601. The molecule has 2 aromatic heterocycles. The first-order valence-electron chi connectivity index (χ1n) is 8.03. The highest BCUT2D eigenvalue weighted by molar-refractivity contribution is 14.1. The summed E-state index contributed by atoms with van der Waals surface area (Å²) < 4.78 is 29.1. The van der Waals surface area contributed by atoms with Gasteiger partial charge in [-0.1, -0.05) is 23.5 Å². The molecule has 0 fully saturated rings. The van der Waals surface area contributed by atoms with Crippen LogP contribution in [0.5, 0.6) is 0 Å². The van der Waals surface area contributed by atoms with Crippen molar-refractivity contribution in [1.82, 2.24) is 9.97 Å². The average Bonchev–Trinajstić information content (AvgIpc) is 3.08. The van der Waals surface area contributed by atoms with Gasteiger partial charge < -0.3 is 0 Å². The van der Waals surface area contributed by atoms with E-state index in [9.17, 15) is 8.42 Å². The van der Waals surface area contributed by atoms with Crippen molar-refractivity contribution in [1.29, 1.82) is 0 Å².